The number of amides is 1. The topological polar surface area (TPSA) is 115 Å². The Hall–Kier alpha value is -3.79. The number of aryl methyl sites for hydroxylation is 2. The molecule has 0 fully saturated rings. The van der Waals surface area contributed by atoms with Gasteiger partial charge in [0, 0.05) is 19.8 Å². The first-order chi connectivity index (χ1) is 16.1. The first-order valence-corrected chi connectivity index (χ1v) is 11.3. The second-order valence-electron chi connectivity index (χ2n) is 7.67. The second-order valence-corrected chi connectivity index (χ2v) is 8.64. The number of carbonyl (C=O) groups is 1. The van der Waals surface area contributed by atoms with Crippen LogP contribution in [0, 0.1) is 13.8 Å². The number of carbonyl (C=O) groups excluding carboxylic acids is 1. The minimum atomic E-state index is -0.713. The van der Waals surface area contributed by atoms with Crippen LogP contribution in [-0.2, 0) is 18.9 Å². The highest BCUT2D eigenvalue weighted by Crippen LogP contribution is 2.25. The van der Waals surface area contributed by atoms with E-state index in [9.17, 15) is 19.5 Å². The SMILES string of the molecule is COc1ccc(N=C(SCC(=O)Nc2cc(C)ccc2C)c2c(O)n(C)c(=O)n(C)c2=O)cc1. The zero-order valence-corrected chi connectivity index (χ0v) is 20.4. The fourth-order valence-corrected chi connectivity index (χ4v) is 3.98. The van der Waals surface area contributed by atoms with E-state index < -0.39 is 17.1 Å². The molecule has 1 amide bonds. The number of aliphatic imine (C=N–C) groups is 1. The molecule has 3 rings (SSSR count). The maximum absolute atomic E-state index is 12.9. The molecule has 2 N–H and O–H groups in total. The molecule has 1 heterocycles. The highest BCUT2D eigenvalue weighted by molar-refractivity contribution is 8.15. The van der Waals surface area contributed by atoms with Crippen molar-refractivity contribution in [1.29, 1.82) is 0 Å². The number of methoxy groups -OCH3 is 1. The number of aromatic hydroxyl groups is 1. The van der Waals surface area contributed by atoms with Gasteiger partial charge in [-0.05, 0) is 55.3 Å². The van der Waals surface area contributed by atoms with E-state index in [1.165, 1.54) is 14.1 Å². The Kier molecular flexibility index (Phi) is 7.62. The van der Waals surface area contributed by atoms with Crippen LogP contribution >= 0.6 is 11.8 Å². The van der Waals surface area contributed by atoms with E-state index in [0.29, 0.717) is 17.1 Å². The minimum Gasteiger partial charge on any atom is -0.497 e. The van der Waals surface area contributed by atoms with Crippen molar-refractivity contribution >= 4 is 34.1 Å². The van der Waals surface area contributed by atoms with E-state index in [1.807, 2.05) is 32.0 Å². The van der Waals surface area contributed by atoms with Crippen LogP contribution in [0.1, 0.15) is 16.7 Å². The van der Waals surface area contributed by atoms with Crippen LogP contribution in [0.5, 0.6) is 11.6 Å². The third kappa shape index (κ3) is 5.40. The van der Waals surface area contributed by atoms with E-state index in [1.54, 1.807) is 31.4 Å². The molecule has 9 nitrogen and oxygen atoms in total. The third-order valence-electron chi connectivity index (χ3n) is 5.16. The molecule has 0 radical (unpaired) electrons. The van der Waals surface area contributed by atoms with Crippen LogP contribution in [0.4, 0.5) is 11.4 Å². The fourth-order valence-electron chi connectivity index (χ4n) is 3.15. The van der Waals surface area contributed by atoms with Crippen molar-refractivity contribution in [3.05, 3.63) is 80.0 Å². The number of rotatable bonds is 6. The summed E-state index contributed by atoms with van der Waals surface area (Å²) >= 11 is 0.986. The van der Waals surface area contributed by atoms with Crippen LogP contribution in [-0.4, -0.2) is 38.1 Å². The number of hydrogen-bond donors (Lipinski definition) is 2. The number of nitrogens with zero attached hydrogens (tertiary/aromatic N) is 3. The normalized spacial score (nSPS) is 11.4. The standard InChI is InChI=1S/C24H26N4O5S/c1-14-6-7-15(2)18(12-14)26-19(29)13-34-21(25-16-8-10-17(33-5)11-9-16)20-22(30)27(3)24(32)28(4)23(20)31/h6-12,30H,13H2,1-5H3,(H,26,29). The fraction of sp³-hybridized carbons (Fsp3) is 0.250. The maximum atomic E-state index is 12.9. The molecule has 0 spiro atoms. The Labute approximate surface area is 200 Å². The molecule has 3 aromatic rings. The first-order valence-electron chi connectivity index (χ1n) is 10.3. The van der Waals surface area contributed by atoms with E-state index in [0.717, 1.165) is 32.0 Å². The molecule has 0 aliphatic rings. The first kappa shape index (κ1) is 24.8. The van der Waals surface area contributed by atoms with E-state index in [4.69, 9.17) is 4.74 Å². The van der Waals surface area contributed by atoms with Crippen molar-refractivity contribution in [2.75, 3.05) is 18.2 Å². The summed E-state index contributed by atoms with van der Waals surface area (Å²) in [6, 6.07) is 12.5. The van der Waals surface area contributed by atoms with Crippen LogP contribution in [0.25, 0.3) is 0 Å². The largest absolute Gasteiger partial charge is 0.497 e. The molecule has 2 aromatic carbocycles. The quantitative estimate of drug-likeness (QED) is 0.412. The zero-order chi connectivity index (χ0) is 25.0. The molecule has 0 atom stereocenters. The zero-order valence-electron chi connectivity index (χ0n) is 19.6. The number of anilines is 1. The average molecular weight is 483 g/mol. The summed E-state index contributed by atoms with van der Waals surface area (Å²) in [4.78, 5) is 42.3. The third-order valence-corrected chi connectivity index (χ3v) is 6.13. The van der Waals surface area contributed by atoms with Gasteiger partial charge < -0.3 is 15.2 Å². The van der Waals surface area contributed by atoms with Crippen molar-refractivity contribution in [2.45, 2.75) is 13.8 Å². The monoisotopic (exact) mass is 482 g/mol. The lowest BCUT2D eigenvalue weighted by atomic mass is 10.1. The van der Waals surface area contributed by atoms with Gasteiger partial charge >= 0.3 is 5.69 Å². The summed E-state index contributed by atoms with van der Waals surface area (Å²) in [5.74, 6) is -0.277. The predicted molar refractivity (Wildman–Crippen MR) is 135 cm³/mol. The van der Waals surface area contributed by atoms with Gasteiger partial charge in [0.25, 0.3) is 5.56 Å². The number of benzene rings is 2. The lowest BCUT2D eigenvalue weighted by Crippen LogP contribution is -2.39. The van der Waals surface area contributed by atoms with Gasteiger partial charge in [0.2, 0.25) is 11.8 Å². The van der Waals surface area contributed by atoms with Crippen molar-refractivity contribution in [3.63, 3.8) is 0 Å². The molecule has 0 aliphatic heterocycles. The summed E-state index contributed by atoms with van der Waals surface area (Å²) < 4.78 is 7.00. The molecule has 178 valence electrons. The summed E-state index contributed by atoms with van der Waals surface area (Å²) in [6.45, 7) is 3.83. The molecular formula is C24H26N4O5S. The van der Waals surface area contributed by atoms with Gasteiger partial charge in [-0.3, -0.25) is 18.7 Å². The Morgan fingerprint density at radius 1 is 1.09 bits per heavy atom. The molecule has 34 heavy (non-hydrogen) atoms. The van der Waals surface area contributed by atoms with Crippen molar-refractivity contribution in [3.8, 4) is 11.6 Å². The van der Waals surface area contributed by atoms with Crippen LogP contribution in [0.2, 0.25) is 0 Å². The summed E-state index contributed by atoms with van der Waals surface area (Å²) in [6.07, 6.45) is 0. The lowest BCUT2D eigenvalue weighted by molar-refractivity contribution is -0.113. The molecular weight excluding hydrogens is 456 g/mol. The van der Waals surface area contributed by atoms with E-state index in [2.05, 4.69) is 10.3 Å². The van der Waals surface area contributed by atoms with Crippen molar-refractivity contribution in [2.24, 2.45) is 19.1 Å². The van der Waals surface area contributed by atoms with Gasteiger partial charge in [-0.2, -0.15) is 0 Å². The van der Waals surface area contributed by atoms with Crippen molar-refractivity contribution < 1.29 is 14.6 Å². The van der Waals surface area contributed by atoms with Gasteiger partial charge in [-0.1, -0.05) is 23.9 Å². The lowest BCUT2D eigenvalue weighted by Gasteiger charge is -2.13. The second kappa shape index (κ2) is 10.4. The Balaban J connectivity index is 1.98. The van der Waals surface area contributed by atoms with Gasteiger partial charge in [-0.15, -0.1) is 0 Å². The molecule has 1 aromatic heterocycles. The van der Waals surface area contributed by atoms with Gasteiger partial charge in [0.15, 0.2) is 0 Å². The average Bonchev–Trinajstić information content (AvgIpc) is 2.82. The Bertz CT molecular complexity index is 1370. The maximum Gasteiger partial charge on any atom is 0.333 e. The summed E-state index contributed by atoms with van der Waals surface area (Å²) in [7, 11) is 4.21. The molecule has 10 heteroatoms. The molecule has 0 aliphatic carbocycles. The number of aromatic nitrogens is 2. The van der Waals surface area contributed by atoms with Gasteiger partial charge in [0.1, 0.15) is 16.4 Å². The number of nitrogens with one attached hydrogen (secondary N) is 1. The van der Waals surface area contributed by atoms with Crippen LogP contribution < -0.4 is 21.3 Å². The number of ether oxygens (including phenoxy) is 1. The molecule has 0 saturated heterocycles. The van der Waals surface area contributed by atoms with Gasteiger partial charge in [-0.25, -0.2) is 9.79 Å². The van der Waals surface area contributed by atoms with E-state index in [-0.39, 0.29) is 22.3 Å². The predicted octanol–water partition coefficient (Wildman–Crippen LogP) is 2.87. The number of hydrogen-bond acceptors (Lipinski definition) is 7. The molecule has 0 saturated carbocycles. The summed E-state index contributed by atoms with van der Waals surface area (Å²) in [5, 5.41) is 13.6. The smallest absolute Gasteiger partial charge is 0.333 e. The van der Waals surface area contributed by atoms with Crippen molar-refractivity contribution in [1.82, 2.24) is 9.13 Å². The van der Waals surface area contributed by atoms with Crippen LogP contribution in [0.3, 0.4) is 0 Å². The highest BCUT2D eigenvalue weighted by Gasteiger charge is 2.22. The van der Waals surface area contributed by atoms with Gasteiger partial charge in [0.05, 0.1) is 18.6 Å². The van der Waals surface area contributed by atoms with Crippen LogP contribution in [0.15, 0.2) is 57.0 Å². The molecule has 0 unspecified atom stereocenters. The Morgan fingerprint density at radius 2 is 1.76 bits per heavy atom. The summed E-state index contributed by atoms with van der Waals surface area (Å²) in [5.41, 5.74) is 1.55. The highest BCUT2D eigenvalue weighted by atomic mass is 32.2. The Morgan fingerprint density at radius 3 is 2.41 bits per heavy atom. The minimum absolute atomic E-state index is 0.0756. The molecule has 0 bridgehead atoms. The van der Waals surface area contributed by atoms with E-state index >= 15 is 0 Å². The number of thioether (sulfide) groups is 1.